The fourth-order valence-electron chi connectivity index (χ4n) is 4.55. The molecule has 1 unspecified atom stereocenters. The minimum absolute atomic E-state index is 0.0347. The van der Waals surface area contributed by atoms with E-state index in [-0.39, 0.29) is 18.5 Å². The molecule has 5 N–H and O–H groups in total. The summed E-state index contributed by atoms with van der Waals surface area (Å²) in [6, 6.07) is 22.3. The second-order valence-corrected chi connectivity index (χ2v) is 10.5. The maximum Gasteiger partial charge on any atom is 0.318 e. The molecule has 9 heteroatoms. The van der Waals surface area contributed by atoms with Gasteiger partial charge in [0.25, 0.3) is 0 Å². The van der Waals surface area contributed by atoms with Crippen LogP contribution in [0.25, 0.3) is 11.1 Å². The number of carbonyl (C=O) groups is 3. The third-order valence-electron chi connectivity index (χ3n) is 6.83. The molecule has 1 heterocycles. The molecular formula is C31H37N5O4. The number of amides is 4. The lowest BCUT2D eigenvalue weighted by Gasteiger charge is -2.33. The quantitative estimate of drug-likeness (QED) is 0.329. The van der Waals surface area contributed by atoms with Crippen molar-refractivity contribution in [3.05, 3.63) is 89.5 Å². The molecule has 0 fully saturated rings. The van der Waals surface area contributed by atoms with Crippen LogP contribution in [-0.2, 0) is 33.9 Å². The van der Waals surface area contributed by atoms with E-state index in [4.69, 9.17) is 10.5 Å². The highest BCUT2D eigenvalue weighted by atomic mass is 16.5. The van der Waals surface area contributed by atoms with E-state index >= 15 is 0 Å². The number of nitrogens with two attached hydrogens (primary N) is 1. The zero-order chi connectivity index (χ0) is 28.7. The molecule has 9 nitrogen and oxygen atoms in total. The van der Waals surface area contributed by atoms with Crippen LogP contribution in [0.15, 0.2) is 72.8 Å². The van der Waals surface area contributed by atoms with Gasteiger partial charge in [-0.15, -0.1) is 0 Å². The number of ether oxygens (including phenoxy) is 1. The highest BCUT2D eigenvalue weighted by molar-refractivity contribution is 5.94. The van der Waals surface area contributed by atoms with Crippen molar-refractivity contribution in [3.63, 3.8) is 0 Å². The van der Waals surface area contributed by atoms with Gasteiger partial charge in [0, 0.05) is 25.7 Å². The second kappa shape index (κ2) is 12.8. The Hall–Kier alpha value is -4.21. The molecule has 0 aliphatic carbocycles. The molecule has 1 atom stereocenters. The molecule has 1 aliphatic heterocycles. The Bertz CT molecular complexity index is 1350. The number of anilines is 1. The smallest absolute Gasteiger partial charge is 0.318 e. The number of rotatable bonds is 9. The summed E-state index contributed by atoms with van der Waals surface area (Å²) >= 11 is 0. The molecule has 40 heavy (non-hydrogen) atoms. The Morgan fingerprint density at radius 1 is 1.00 bits per heavy atom. The summed E-state index contributed by atoms with van der Waals surface area (Å²) in [5.41, 5.74) is 10.6. The standard InChI is InChI=1S/C31H37N5O4/c1-31(2,32)29(38)34-27(20-40-19-21-9-5-4-6-10-21)28(37)36-16-15-22-17-23(13-14-24(22)18-36)25-11-7-8-12-26(25)35-30(39)33-3/h4-14,17,27H,15-16,18-20,32H2,1-3H3,(H,34,38)(H2,33,35,39). The van der Waals surface area contributed by atoms with E-state index in [1.165, 1.54) is 0 Å². The van der Waals surface area contributed by atoms with Crippen molar-refractivity contribution in [1.29, 1.82) is 0 Å². The number of nitrogens with one attached hydrogen (secondary N) is 3. The average Bonchev–Trinajstić information content (AvgIpc) is 2.96. The van der Waals surface area contributed by atoms with Crippen LogP contribution in [-0.4, -0.2) is 54.5 Å². The van der Waals surface area contributed by atoms with Crippen LogP contribution in [0, 0.1) is 0 Å². The van der Waals surface area contributed by atoms with Crippen molar-refractivity contribution >= 4 is 23.5 Å². The molecule has 0 saturated heterocycles. The molecular weight excluding hydrogens is 506 g/mol. The van der Waals surface area contributed by atoms with Gasteiger partial charge in [0.2, 0.25) is 11.8 Å². The summed E-state index contributed by atoms with van der Waals surface area (Å²) < 4.78 is 5.85. The molecule has 0 bridgehead atoms. The number of nitrogens with zero attached hydrogens (tertiary/aromatic N) is 1. The van der Waals surface area contributed by atoms with E-state index in [0.29, 0.717) is 31.8 Å². The van der Waals surface area contributed by atoms with E-state index in [1.807, 2.05) is 66.7 Å². The maximum absolute atomic E-state index is 13.6. The topological polar surface area (TPSA) is 126 Å². The lowest BCUT2D eigenvalue weighted by atomic mass is 9.93. The van der Waals surface area contributed by atoms with Gasteiger partial charge in [-0.2, -0.15) is 0 Å². The number of benzene rings is 3. The van der Waals surface area contributed by atoms with Crippen LogP contribution in [0.2, 0.25) is 0 Å². The van der Waals surface area contributed by atoms with Gasteiger partial charge >= 0.3 is 6.03 Å². The Balaban J connectivity index is 1.48. The van der Waals surface area contributed by atoms with Gasteiger partial charge < -0.3 is 31.3 Å². The second-order valence-electron chi connectivity index (χ2n) is 10.5. The van der Waals surface area contributed by atoms with Crippen molar-refractivity contribution in [1.82, 2.24) is 15.5 Å². The van der Waals surface area contributed by atoms with Crippen LogP contribution in [0.1, 0.15) is 30.5 Å². The SMILES string of the molecule is CNC(=O)Nc1ccccc1-c1ccc2c(c1)CCN(C(=O)C(COCc1ccccc1)NC(=O)C(C)(C)N)C2. The molecule has 3 aromatic rings. The van der Waals surface area contributed by atoms with Crippen LogP contribution in [0.5, 0.6) is 0 Å². The number of urea groups is 1. The van der Waals surface area contributed by atoms with E-state index in [0.717, 1.165) is 27.8 Å². The highest BCUT2D eigenvalue weighted by Gasteiger charge is 2.32. The van der Waals surface area contributed by atoms with Crippen molar-refractivity contribution < 1.29 is 19.1 Å². The van der Waals surface area contributed by atoms with Crippen molar-refractivity contribution in [2.45, 2.75) is 45.0 Å². The van der Waals surface area contributed by atoms with Gasteiger partial charge in [0.15, 0.2) is 0 Å². The largest absolute Gasteiger partial charge is 0.374 e. The predicted octanol–water partition coefficient (Wildman–Crippen LogP) is 3.43. The lowest BCUT2D eigenvalue weighted by Crippen LogP contribution is -2.58. The fraction of sp³-hybridized carbons (Fsp3) is 0.323. The molecule has 0 saturated carbocycles. The van der Waals surface area contributed by atoms with Crippen molar-refractivity contribution in [2.75, 3.05) is 25.5 Å². The minimum Gasteiger partial charge on any atom is -0.374 e. The van der Waals surface area contributed by atoms with Crippen molar-refractivity contribution in [2.24, 2.45) is 5.73 Å². The van der Waals surface area contributed by atoms with Crippen LogP contribution < -0.4 is 21.7 Å². The summed E-state index contributed by atoms with van der Waals surface area (Å²) in [7, 11) is 1.58. The molecule has 0 radical (unpaired) electrons. The third kappa shape index (κ3) is 7.25. The van der Waals surface area contributed by atoms with E-state index in [9.17, 15) is 14.4 Å². The Kier molecular flexibility index (Phi) is 9.19. The maximum atomic E-state index is 13.6. The molecule has 4 amide bonds. The first-order chi connectivity index (χ1) is 19.2. The number of carbonyl (C=O) groups excluding carboxylic acids is 3. The van der Waals surface area contributed by atoms with Crippen LogP contribution in [0.4, 0.5) is 10.5 Å². The summed E-state index contributed by atoms with van der Waals surface area (Å²) in [5, 5.41) is 8.25. The Morgan fingerprint density at radius 3 is 2.45 bits per heavy atom. The summed E-state index contributed by atoms with van der Waals surface area (Å²) in [6.45, 7) is 4.49. The van der Waals surface area contributed by atoms with E-state index < -0.39 is 17.5 Å². The van der Waals surface area contributed by atoms with E-state index in [1.54, 1.807) is 25.8 Å². The Labute approximate surface area is 235 Å². The molecule has 3 aromatic carbocycles. The monoisotopic (exact) mass is 543 g/mol. The third-order valence-corrected chi connectivity index (χ3v) is 6.83. The predicted molar refractivity (Wildman–Crippen MR) is 155 cm³/mol. The van der Waals surface area contributed by atoms with Crippen LogP contribution in [0.3, 0.4) is 0 Å². The van der Waals surface area contributed by atoms with Crippen LogP contribution >= 0.6 is 0 Å². The number of fused-ring (bicyclic) bond motifs is 1. The van der Waals surface area contributed by atoms with Gasteiger partial charge in [0.1, 0.15) is 6.04 Å². The molecule has 4 rings (SSSR count). The van der Waals surface area contributed by atoms with Gasteiger partial charge in [-0.3, -0.25) is 9.59 Å². The Morgan fingerprint density at radius 2 is 1.73 bits per heavy atom. The van der Waals surface area contributed by atoms with Gasteiger partial charge in [-0.1, -0.05) is 66.7 Å². The molecule has 0 spiro atoms. The van der Waals surface area contributed by atoms with E-state index in [2.05, 4.69) is 22.0 Å². The summed E-state index contributed by atoms with van der Waals surface area (Å²) in [4.78, 5) is 40.0. The first kappa shape index (κ1) is 28.8. The molecule has 0 aromatic heterocycles. The minimum atomic E-state index is -1.13. The molecule has 1 aliphatic rings. The lowest BCUT2D eigenvalue weighted by molar-refractivity contribution is -0.140. The highest BCUT2D eigenvalue weighted by Crippen LogP contribution is 2.31. The zero-order valence-electron chi connectivity index (χ0n) is 23.2. The molecule has 210 valence electrons. The van der Waals surface area contributed by atoms with Crippen molar-refractivity contribution in [3.8, 4) is 11.1 Å². The average molecular weight is 544 g/mol. The summed E-state index contributed by atoms with van der Waals surface area (Å²) in [6.07, 6.45) is 0.661. The first-order valence-corrected chi connectivity index (χ1v) is 13.4. The normalized spacial score (nSPS) is 13.7. The van der Waals surface area contributed by atoms with Gasteiger partial charge in [0.05, 0.1) is 24.4 Å². The van der Waals surface area contributed by atoms with Gasteiger partial charge in [-0.25, -0.2) is 4.79 Å². The number of para-hydroxylation sites is 1. The van der Waals surface area contributed by atoms with Gasteiger partial charge in [-0.05, 0) is 48.6 Å². The zero-order valence-corrected chi connectivity index (χ0v) is 23.2. The number of hydrogen-bond donors (Lipinski definition) is 4. The number of hydrogen-bond acceptors (Lipinski definition) is 5. The summed E-state index contributed by atoms with van der Waals surface area (Å²) in [5.74, 6) is -0.624. The fourth-order valence-corrected chi connectivity index (χ4v) is 4.55. The first-order valence-electron chi connectivity index (χ1n) is 13.4.